The zero-order chi connectivity index (χ0) is 21.1. The Balaban J connectivity index is 0.00000320. The molecule has 154 valence electrons. The first-order valence-electron chi connectivity index (χ1n) is 8.91. The summed E-state index contributed by atoms with van der Waals surface area (Å²) in [4.78, 5) is 48.6. The van der Waals surface area contributed by atoms with Crippen molar-refractivity contribution >= 4 is 35.5 Å². The van der Waals surface area contributed by atoms with Crippen molar-refractivity contribution in [1.82, 2.24) is 10.2 Å². The minimum Gasteiger partial charge on any atom is -0.543 e. The van der Waals surface area contributed by atoms with Gasteiger partial charge in [0.1, 0.15) is 18.0 Å². The number of rotatable bonds is 7. The molecule has 11 heteroatoms. The van der Waals surface area contributed by atoms with Gasteiger partial charge in [-0.3, -0.25) is 19.3 Å². The van der Waals surface area contributed by atoms with Gasteiger partial charge in [-0.1, -0.05) is 24.3 Å². The van der Waals surface area contributed by atoms with Gasteiger partial charge in [0.2, 0.25) is 5.91 Å². The number of nitrogens with two attached hydrogens (primary N) is 1. The number of carbonyl (C=O) groups excluding carboxylic acids is 4. The molecule has 9 nitrogen and oxygen atoms in total. The largest absolute Gasteiger partial charge is 1.00 e. The topological polar surface area (TPSA) is 142 Å². The van der Waals surface area contributed by atoms with Gasteiger partial charge in [0.25, 0.3) is 5.91 Å². The van der Waals surface area contributed by atoms with Gasteiger partial charge in [0.05, 0.1) is 18.1 Å². The summed E-state index contributed by atoms with van der Waals surface area (Å²) in [6, 6.07) is 6.43. The number of hydrogen-bond donors (Lipinski definition) is 2. The van der Waals surface area contributed by atoms with Crippen molar-refractivity contribution in [1.29, 1.82) is 0 Å². The van der Waals surface area contributed by atoms with E-state index in [2.05, 4.69) is 5.32 Å². The number of fused-ring (bicyclic) bond motifs is 1. The summed E-state index contributed by atoms with van der Waals surface area (Å²) < 4.78 is 4.87. The van der Waals surface area contributed by atoms with E-state index < -0.39 is 29.3 Å². The molecule has 2 heterocycles. The fourth-order valence-corrected chi connectivity index (χ4v) is 4.63. The number of thioether (sulfide) groups is 1. The van der Waals surface area contributed by atoms with Crippen LogP contribution in [-0.4, -0.2) is 52.4 Å². The first-order chi connectivity index (χ1) is 13.8. The number of hydrogen-bond acceptors (Lipinski definition) is 8. The molecule has 1 aromatic carbocycles. The van der Waals surface area contributed by atoms with E-state index in [1.54, 1.807) is 12.1 Å². The van der Waals surface area contributed by atoms with Crippen LogP contribution in [-0.2, 0) is 36.9 Å². The average molecular weight is 458 g/mol. The van der Waals surface area contributed by atoms with Crippen molar-refractivity contribution in [2.24, 2.45) is 5.73 Å². The summed E-state index contributed by atoms with van der Waals surface area (Å²) >= 11 is 1.29. The molecule has 30 heavy (non-hydrogen) atoms. The fourth-order valence-electron chi connectivity index (χ4n) is 3.30. The Kier molecular flexibility index (Phi) is 9.09. The average Bonchev–Trinajstić information content (AvgIpc) is 2.69. The minimum absolute atomic E-state index is 0. The summed E-state index contributed by atoms with van der Waals surface area (Å²) in [7, 11) is 0. The predicted molar refractivity (Wildman–Crippen MR) is 102 cm³/mol. The second kappa shape index (κ2) is 10.9. The first kappa shape index (κ1) is 25.1. The number of carboxylic acid groups (broad SMARTS) is 1. The summed E-state index contributed by atoms with van der Waals surface area (Å²) in [6.45, 7) is 1.28. The second-order valence-corrected chi connectivity index (χ2v) is 7.73. The number of carboxylic acids is 1. The van der Waals surface area contributed by atoms with Crippen LogP contribution in [0.15, 0.2) is 35.5 Å². The number of nitrogens with zero attached hydrogens (tertiary/aromatic N) is 1. The molecule has 0 saturated carbocycles. The number of ether oxygens (including phenoxy) is 1. The third kappa shape index (κ3) is 5.33. The molecule has 3 rings (SSSR count). The van der Waals surface area contributed by atoms with Crippen LogP contribution in [0.4, 0.5) is 0 Å². The summed E-state index contributed by atoms with van der Waals surface area (Å²) in [5.41, 5.74) is 7.29. The number of amides is 2. The van der Waals surface area contributed by atoms with E-state index in [0.717, 1.165) is 16.0 Å². The molecular formula is C19H20KN3O6S. The molecule has 0 aliphatic carbocycles. The molecular weight excluding hydrogens is 437 g/mol. The molecule has 0 bridgehead atoms. The maximum atomic E-state index is 12.6. The molecule has 2 aliphatic rings. The number of aliphatic carboxylic acids is 1. The molecule has 2 atom stereocenters. The van der Waals surface area contributed by atoms with Crippen molar-refractivity contribution in [2.75, 3.05) is 12.4 Å². The van der Waals surface area contributed by atoms with E-state index in [1.165, 1.54) is 18.7 Å². The Morgan fingerprint density at radius 1 is 1.30 bits per heavy atom. The van der Waals surface area contributed by atoms with Crippen molar-refractivity contribution in [2.45, 2.75) is 31.3 Å². The summed E-state index contributed by atoms with van der Waals surface area (Å²) in [6.07, 6.45) is 0.0649. The number of carbonyl (C=O) groups is 4. The monoisotopic (exact) mass is 457 g/mol. The van der Waals surface area contributed by atoms with Crippen LogP contribution in [0.3, 0.4) is 0 Å². The zero-order valence-electron chi connectivity index (χ0n) is 16.7. The third-order valence-electron chi connectivity index (χ3n) is 4.70. The Morgan fingerprint density at radius 2 is 1.97 bits per heavy atom. The molecule has 0 radical (unpaired) electrons. The molecule has 1 saturated heterocycles. The van der Waals surface area contributed by atoms with Gasteiger partial charge in [-0.05, 0) is 11.1 Å². The molecule has 1 aromatic rings. The van der Waals surface area contributed by atoms with E-state index in [4.69, 9.17) is 10.5 Å². The number of benzene rings is 1. The van der Waals surface area contributed by atoms with Gasteiger partial charge >= 0.3 is 57.4 Å². The van der Waals surface area contributed by atoms with E-state index >= 15 is 0 Å². The first-order valence-corrected chi connectivity index (χ1v) is 9.96. The van der Waals surface area contributed by atoms with Crippen LogP contribution in [0.5, 0.6) is 0 Å². The Labute approximate surface area is 220 Å². The van der Waals surface area contributed by atoms with Crippen LogP contribution in [0.1, 0.15) is 18.1 Å². The van der Waals surface area contributed by atoms with Crippen LogP contribution in [0, 0.1) is 0 Å². The normalized spacial score (nSPS) is 19.9. The van der Waals surface area contributed by atoms with Gasteiger partial charge in [-0.25, -0.2) is 0 Å². The fraction of sp³-hybridized carbons (Fsp3) is 0.368. The third-order valence-corrected chi connectivity index (χ3v) is 6.04. The van der Waals surface area contributed by atoms with Gasteiger partial charge in [0.15, 0.2) is 0 Å². The van der Waals surface area contributed by atoms with Crippen molar-refractivity contribution in [3.05, 3.63) is 46.7 Å². The molecule has 3 N–H and O–H groups in total. The van der Waals surface area contributed by atoms with E-state index in [0.29, 0.717) is 6.54 Å². The molecule has 2 aliphatic heterocycles. The van der Waals surface area contributed by atoms with Gasteiger partial charge < -0.3 is 25.7 Å². The minimum atomic E-state index is -1.52. The standard InChI is InChI=1S/C19H21N3O6S.K/c1-10(23)28-8-13-9-29-18-15(17(25)22(18)16(13)19(26)27)21-14(24)6-11-4-2-3-5-12(11)7-20;/h2-5,15,18H,6-9,20H2,1H3,(H,21,24)(H,26,27);/q;+1/p-1/t15?,18-;/m1./s1. The molecule has 1 fully saturated rings. The number of nitrogens with one attached hydrogen (secondary N) is 1. The SMILES string of the molecule is CC(=O)OCC1=C(C(=O)[O-])N2C(=O)C(NC(=O)Cc3ccccc3CN)[C@H]2SC1.[K+]. The molecule has 0 aromatic heterocycles. The molecule has 1 unspecified atom stereocenters. The second-order valence-electron chi connectivity index (χ2n) is 6.62. The van der Waals surface area contributed by atoms with Crippen molar-refractivity contribution in [3.8, 4) is 0 Å². The van der Waals surface area contributed by atoms with E-state index in [9.17, 15) is 24.3 Å². The summed E-state index contributed by atoms with van der Waals surface area (Å²) in [5.74, 6) is -2.73. The number of esters is 1. The van der Waals surface area contributed by atoms with Crippen molar-refractivity contribution < 1.29 is 80.4 Å². The van der Waals surface area contributed by atoms with Crippen LogP contribution in [0.2, 0.25) is 0 Å². The summed E-state index contributed by atoms with van der Waals surface area (Å²) in [5, 5.41) is 13.7. The van der Waals surface area contributed by atoms with Gasteiger partial charge in [-0.2, -0.15) is 0 Å². The van der Waals surface area contributed by atoms with Crippen molar-refractivity contribution in [3.63, 3.8) is 0 Å². The Morgan fingerprint density at radius 3 is 2.57 bits per heavy atom. The number of β-lactam (4-membered cyclic amide) rings is 1. The van der Waals surface area contributed by atoms with Gasteiger partial charge in [-0.15, -0.1) is 11.8 Å². The zero-order valence-corrected chi connectivity index (χ0v) is 20.6. The maximum Gasteiger partial charge on any atom is 1.00 e. The van der Waals surface area contributed by atoms with Crippen LogP contribution >= 0.6 is 11.8 Å². The molecule has 2 amide bonds. The molecule has 0 spiro atoms. The smallest absolute Gasteiger partial charge is 0.543 e. The van der Waals surface area contributed by atoms with Crippen LogP contribution < -0.4 is 67.5 Å². The van der Waals surface area contributed by atoms with Gasteiger partial charge in [0, 0.05) is 24.8 Å². The van der Waals surface area contributed by atoms with Crippen LogP contribution in [0.25, 0.3) is 0 Å². The Bertz CT molecular complexity index is 906. The Hall–Kier alpha value is -1.21. The predicted octanol–water partition coefficient (Wildman–Crippen LogP) is -4.34. The maximum absolute atomic E-state index is 12.6. The quantitative estimate of drug-likeness (QED) is 0.238. The van der Waals surface area contributed by atoms with E-state index in [1.807, 2.05) is 12.1 Å². The van der Waals surface area contributed by atoms with E-state index in [-0.39, 0.29) is 87.3 Å².